The van der Waals surface area contributed by atoms with Crippen molar-refractivity contribution in [1.29, 1.82) is 0 Å². The molecule has 2 saturated carbocycles. The molecule has 2 aromatic carbocycles. The Hall–Kier alpha value is -5.05. The minimum Gasteiger partial charge on any atom is -0.494 e. The summed E-state index contributed by atoms with van der Waals surface area (Å²) in [5.74, 6) is -3.27. The van der Waals surface area contributed by atoms with Crippen LogP contribution in [0.4, 0.5) is 13.2 Å². The van der Waals surface area contributed by atoms with Gasteiger partial charge in [0.25, 0.3) is 5.91 Å². The summed E-state index contributed by atoms with van der Waals surface area (Å²) >= 11 is 0. The van der Waals surface area contributed by atoms with Gasteiger partial charge in [0, 0.05) is 28.3 Å². The van der Waals surface area contributed by atoms with Crippen LogP contribution in [0.2, 0.25) is 0 Å². The van der Waals surface area contributed by atoms with Gasteiger partial charge >= 0.3 is 6.29 Å². The van der Waals surface area contributed by atoms with Crippen LogP contribution in [0.25, 0.3) is 22.2 Å². The van der Waals surface area contributed by atoms with Crippen molar-refractivity contribution in [3.8, 4) is 34.3 Å². The average Bonchev–Trinajstić information content (AvgIpc) is 3.98. The van der Waals surface area contributed by atoms with Crippen molar-refractivity contribution < 1.29 is 46.8 Å². The summed E-state index contributed by atoms with van der Waals surface area (Å²) in [6.45, 7) is 1.21. The van der Waals surface area contributed by atoms with E-state index in [0.717, 1.165) is 12.8 Å². The van der Waals surface area contributed by atoms with Crippen molar-refractivity contribution in [3.05, 3.63) is 59.2 Å². The van der Waals surface area contributed by atoms with E-state index in [0.29, 0.717) is 35.5 Å². The molecule has 4 N–H and O–H groups in total. The zero-order valence-electron chi connectivity index (χ0n) is 26.0. The Morgan fingerprint density at radius 1 is 1.17 bits per heavy atom. The fraction of sp³-hybridized carbons (Fsp3) is 0.394. The van der Waals surface area contributed by atoms with E-state index in [-0.39, 0.29) is 46.2 Å². The zero-order valence-corrected chi connectivity index (χ0v) is 26.0. The maximum absolute atomic E-state index is 16.5. The quantitative estimate of drug-likeness (QED) is 0.200. The van der Waals surface area contributed by atoms with Crippen LogP contribution >= 0.6 is 0 Å². The lowest BCUT2D eigenvalue weighted by Crippen LogP contribution is -2.44. The van der Waals surface area contributed by atoms with Gasteiger partial charge < -0.3 is 35.1 Å². The molecule has 15 heteroatoms. The molecule has 1 aliphatic heterocycles. The molecule has 7 rings (SSSR count). The van der Waals surface area contributed by atoms with Crippen LogP contribution in [-0.4, -0.2) is 58.2 Å². The Bertz CT molecular complexity index is 1960. The number of primary amides is 1. The van der Waals surface area contributed by atoms with Crippen molar-refractivity contribution in [2.45, 2.75) is 57.0 Å². The maximum Gasteiger partial charge on any atom is 0.586 e. The van der Waals surface area contributed by atoms with Crippen molar-refractivity contribution in [2.75, 3.05) is 20.3 Å². The molecule has 2 aromatic heterocycles. The number of aliphatic hydroxyl groups is 1. The number of halogens is 3. The average molecular weight is 668 g/mol. The number of hydrogen-bond acceptors (Lipinski definition) is 9. The van der Waals surface area contributed by atoms with E-state index in [4.69, 9.17) is 15.2 Å². The molecule has 4 aromatic rings. The number of benzene rings is 2. The number of fused-ring (bicyclic) bond motifs is 2. The number of pyridine rings is 1. The molecule has 2 aliphatic carbocycles. The summed E-state index contributed by atoms with van der Waals surface area (Å²) in [4.78, 5) is 30.2. The van der Waals surface area contributed by atoms with E-state index in [1.165, 1.54) is 25.3 Å². The Morgan fingerprint density at radius 3 is 2.58 bits per heavy atom. The third kappa shape index (κ3) is 5.71. The molecular weight excluding hydrogens is 635 g/mol. The van der Waals surface area contributed by atoms with Gasteiger partial charge in [-0.1, -0.05) is 0 Å². The third-order valence-electron chi connectivity index (χ3n) is 8.68. The van der Waals surface area contributed by atoms with Crippen molar-refractivity contribution in [2.24, 2.45) is 11.7 Å². The molecule has 48 heavy (non-hydrogen) atoms. The van der Waals surface area contributed by atoms with Crippen LogP contribution in [-0.2, 0) is 16.8 Å². The monoisotopic (exact) mass is 667 g/mol. The molecule has 0 saturated heterocycles. The minimum absolute atomic E-state index is 0.0260. The van der Waals surface area contributed by atoms with E-state index in [2.05, 4.69) is 24.9 Å². The number of ether oxygens (including phenoxy) is 4. The second-order valence-electron chi connectivity index (χ2n) is 12.2. The molecule has 2 amide bonds. The summed E-state index contributed by atoms with van der Waals surface area (Å²) in [5, 5.41) is 20.2. The minimum atomic E-state index is -3.89. The van der Waals surface area contributed by atoms with Crippen molar-refractivity contribution >= 4 is 22.7 Å². The number of nitrogens with two attached hydrogens (primary N) is 1. The molecule has 252 valence electrons. The number of hydrogen-bond donors (Lipinski definition) is 3. The van der Waals surface area contributed by atoms with Crippen LogP contribution in [0.1, 0.15) is 60.3 Å². The summed E-state index contributed by atoms with van der Waals surface area (Å²) < 4.78 is 66.3. The Balaban J connectivity index is 1.27. The molecule has 2 fully saturated rings. The molecule has 0 unspecified atom stereocenters. The number of nitrogens with zero attached hydrogens (tertiary/aromatic N) is 3. The summed E-state index contributed by atoms with van der Waals surface area (Å²) in [5.41, 5.74) is 3.66. The van der Waals surface area contributed by atoms with Crippen molar-refractivity contribution in [1.82, 2.24) is 20.1 Å². The Labute approximate surface area is 271 Å². The highest BCUT2D eigenvalue weighted by Gasteiger charge is 2.49. The van der Waals surface area contributed by atoms with Crippen LogP contribution in [0, 0.1) is 11.7 Å². The number of amides is 2. The lowest BCUT2D eigenvalue weighted by molar-refractivity contribution is -0.286. The number of nitrogens with one attached hydrogen (secondary N) is 1. The first-order chi connectivity index (χ1) is 22.9. The van der Waals surface area contributed by atoms with E-state index >= 15 is 4.39 Å². The molecule has 3 aliphatic rings. The number of aromatic nitrogens is 3. The van der Waals surface area contributed by atoms with E-state index in [1.54, 1.807) is 19.1 Å². The number of rotatable bonds is 12. The van der Waals surface area contributed by atoms with Crippen LogP contribution < -0.4 is 30.0 Å². The van der Waals surface area contributed by atoms with Crippen LogP contribution in [0.3, 0.4) is 0 Å². The highest BCUT2D eigenvalue weighted by atomic mass is 19.3. The lowest BCUT2D eigenvalue weighted by Gasteiger charge is -2.30. The van der Waals surface area contributed by atoms with Gasteiger partial charge in [-0.3, -0.25) is 14.3 Å². The topological polar surface area (TPSA) is 160 Å². The predicted octanol–water partition coefficient (Wildman–Crippen LogP) is 4.36. The van der Waals surface area contributed by atoms with Gasteiger partial charge in [-0.2, -0.15) is 5.10 Å². The molecule has 0 spiro atoms. The molecule has 0 radical (unpaired) electrons. The van der Waals surface area contributed by atoms with Crippen LogP contribution in [0.15, 0.2) is 36.5 Å². The third-order valence-corrected chi connectivity index (χ3v) is 8.68. The first-order valence-electron chi connectivity index (χ1n) is 15.5. The second-order valence-corrected chi connectivity index (χ2v) is 12.2. The molecule has 3 heterocycles. The van der Waals surface area contributed by atoms with Gasteiger partial charge in [0.15, 0.2) is 23.1 Å². The second kappa shape index (κ2) is 11.6. The summed E-state index contributed by atoms with van der Waals surface area (Å²) in [6, 6.07) is 7.34. The molecular formula is C33H32F3N5O7. The van der Waals surface area contributed by atoms with Crippen LogP contribution in [0.5, 0.6) is 23.0 Å². The predicted molar refractivity (Wildman–Crippen MR) is 163 cm³/mol. The molecule has 0 bridgehead atoms. The van der Waals surface area contributed by atoms with Gasteiger partial charge in [0.1, 0.15) is 28.3 Å². The highest BCUT2D eigenvalue weighted by Crippen LogP contribution is 2.49. The Morgan fingerprint density at radius 2 is 1.92 bits per heavy atom. The van der Waals surface area contributed by atoms with Gasteiger partial charge in [-0.05, 0) is 68.9 Å². The van der Waals surface area contributed by atoms with E-state index in [1.807, 2.05) is 10.9 Å². The molecule has 12 nitrogen and oxygen atoms in total. The fourth-order valence-electron chi connectivity index (χ4n) is 6.04. The number of carbonyl (C=O) groups is 2. The van der Waals surface area contributed by atoms with E-state index < -0.39 is 54.1 Å². The maximum atomic E-state index is 16.5. The standard InChI is InChI=1S/C33H32F3N5O7/c1-3-46-29-21(13-25(37)42)26(34)30(39-28(29)16-4-9-22-23(11-16)48-33(35,36)47-22)32(44,19-5-6-19)15-38-31(43)17-10-18-14-41(20-7-8-20)40-27(18)24(12-17)45-2/h4,9-12,14,19-20,44H,3,5-8,13,15H2,1-2H3,(H2,37,42)(H,38,43)/t32-/m1/s1. The number of carbonyl (C=O) groups excluding carboxylic acids is 2. The first kappa shape index (κ1) is 31.5. The number of methoxy groups -OCH3 is 1. The van der Waals surface area contributed by atoms with Crippen molar-refractivity contribution in [3.63, 3.8) is 0 Å². The largest absolute Gasteiger partial charge is 0.586 e. The number of alkyl halides is 2. The SMILES string of the molecule is CCOc1c(-c2ccc3c(c2)OC(F)(F)O3)nc([C@@](O)(CNC(=O)c2cc(OC)c3nn(C4CC4)cc3c2)C2CC2)c(F)c1CC(N)=O. The Kier molecular flexibility index (Phi) is 7.61. The van der Waals surface area contributed by atoms with Gasteiger partial charge in [-0.25, -0.2) is 9.37 Å². The first-order valence-corrected chi connectivity index (χ1v) is 15.5. The highest BCUT2D eigenvalue weighted by molar-refractivity contribution is 6.00. The summed E-state index contributed by atoms with van der Waals surface area (Å²) in [6.07, 6.45) is 0.388. The molecule has 1 atom stereocenters. The lowest BCUT2D eigenvalue weighted by atomic mass is 9.89. The zero-order chi connectivity index (χ0) is 34.0. The summed E-state index contributed by atoms with van der Waals surface area (Å²) in [7, 11) is 1.48. The van der Waals surface area contributed by atoms with Gasteiger partial charge in [-0.15, -0.1) is 8.78 Å². The van der Waals surface area contributed by atoms with E-state index in [9.17, 15) is 23.5 Å². The normalized spacial score (nSPS) is 17.6. The van der Waals surface area contributed by atoms with Gasteiger partial charge in [0.05, 0.1) is 32.7 Å². The smallest absolute Gasteiger partial charge is 0.494 e. The fourth-order valence-corrected chi connectivity index (χ4v) is 6.04. The van der Waals surface area contributed by atoms with Gasteiger partial charge in [0.2, 0.25) is 5.91 Å².